The van der Waals surface area contributed by atoms with Crippen molar-refractivity contribution >= 4 is 28.8 Å². The molecule has 2 aromatic heterocycles. The highest BCUT2D eigenvalue weighted by Crippen LogP contribution is 2.24. The van der Waals surface area contributed by atoms with Crippen LogP contribution in [0.3, 0.4) is 0 Å². The molecule has 3 rings (SSSR count). The topological polar surface area (TPSA) is 86.8 Å². The Morgan fingerprint density at radius 2 is 2.21 bits per heavy atom. The maximum atomic E-state index is 12.4. The Balaban J connectivity index is 1.61. The summed E-state index contributed by atoms with van der Waals surface area (Å²) in [6.07, 6.45) is 1.85. The maximum Gasteiger partial charge on any atom is 0.271 e. The second-order valence-electron chi connectivity index (χ2n) is 6.97. The van der Waals surface area contributed by atoms with E-state index < -0.39 is 0 Å². The van der Waals surface area contributed by atoms with Crippen LogP contribution in [-0.4, -0.2) is 45.7 Å². The molecule has 0 fully saturated rings. The summed E-state index contributed by atoms with van der Waals surface area (Å²) in [6.45, 7) is 3.15. The standard InChI is InChI=1S/C20H21ClN6OS/c1-13(23-20(28)18-12-29-19(24-18)11-26(2)3)10-27-7-6-17(25-27)14-4-5-15(9-22)16(21)8-14/h4-8,12-13H,10-11H2,1-3H3,(H,23,28)/t13-/m0/s1. The minimum atomic E-state index is -0.190. The quantitative estimate of drug-likeness (QED) is 0.623. The lowest BCUT2D eigenvalue weighted by Gasteiger charge is -2.13. The number of hydrogen-bond acceptors (Lipinski definition) is 6. The molecule has 0 unspecified atom stereocenters. The summed E-state index contributed by atoms with van der Waals surface area (Å²) in [7, 11) is 3.93. The van der Waals surface area contributed by atoms with Crippen LogP contribution in [0.1, 0.15) is 28.0 Å². The molecule has 1 aromatic carbocycles. The summed E-state index contributed by atoms with van der Waals surface area (Å²) in [5.74, 6) is -0.190. The van der Waals surface area contributed by atoms with E-state index in [0.29, 0.717) is 29.4 Å². The number of thiazole rings is 1. The van der Waals surface area contributed by atoms with Crippen molar-refractivity contribution in [1.29, 1.82) is 5.26 Å². The first kappa shape index (κ1) is 21.0. The van der Waals surface area contributed by atoms with Gasteiger partial charge in [-0.05, 0) is 39.2 Å². The molecule has 2 heterocycles. The van der Waals surface area contributed by atoms with E-state index in [4.69, 9.17) is 16.9 Å². The van der Waals surface area contributed by atoms with E-state index in [9.17, 15) is 4.79 Å². The Labute approximate surface area is 178 Å². The summed E-state index contributed by atoms with van der Waals surface area (Å²) in [5, 5.41) is 19.6. The number of aromatic nitrogens is 3. The van der Waals surface area contributed by atoms with Crippen molar-refractivity contribution in [3.8, 4) is 17.3 Å². The van der Waals surface area contributed by atoms with Gasteiger partial charge in [-0.3, -0.25) is 9.48 Å². The molecular formula is C20H21ClN6OS. The largest absolute Gasteiger partial charge is 0.346 e. The molecule has 0 saturated heterocycles. The highest BCUT2D eigenvalue weighted by atomic mass is 35.5. The number of amides is 1. The van der Waals surface area contributed by atoms with Crippen LogP contribution >= 0.6 is 22.9 Å². The van der Waals surface area contributed by atoms with Gasteiger partial charge >= 0.3 is 0 Å². The molecule has 0 bridgehead atoms. The molecule has 29 heavy (non-hydrogen) atoms. The summed E-state index contributed by atoms with van der Waals surface area (Å²) in [4.78, 5) is 18.8. The molecule has 150 valence electrons. The predicted octanol–water partition coefficient (Wildman–Crippen LogP) is 3.41. The first-order valence-corrected chi connectivity index (χ1v) is 10.2. The minimum Gasteiger partial charge on any atom is -0.346 e. The summed E-state index contributed by atoms with van der Waals surface area (Å²) in [5.41, 5.74) is 2.46. The Morgan fingerprint density at radius 3 is 2.90 bits per heavy atom. The molecule has 0 aliphatic heterocycles. The van der Waals surface area contributed by atoms with Crippen LogP contribution in [0.2, 0.25) is 5.02 Å². The average molecular weight is 429 g/mol. The van der Waals surface area contributed by atoms with Gasteiger partial charge in [-0.25, -0.2) is 4.98 Å². The number of carbonyl (C=O) groups excluding carboxylic acids is 1. The van der Waals surface area contributed by atoms with Crippen LogP contribution in [0.25, 0.3) is 11.3 Å². The fourth-order valence-corrected chi connectivity index (χ4v) is 3.88. The van der Waals surface area contributed by atoms with Crippen molar-refractivity contribution in [3.05, 3.63) is 57.1 Å². The smallest absolute Gasteiger partial charge is 0.271 e. The van der Waals surface area contributed by atoms with E-state index in [-0.39, 0.29) is 11.9 Å². The van der Waals surface area contributed by atoms with Gasteiger partial charge < -0.3 is 10.2 Å². The molecule has 0 radical (unpaired) electrons. The number of nitrogens with zero attached hydrogens (tertiary/aromatic N) is 5. The highest BCUT2D eigenvalue weighted by molar-refractivity contribution is 7.09. The van der Waals surface area contributed by atoms with E-state index in [1.165, 1.54) is 11.3 Å². The van der Waals surface area contributed by atoms with Crippen molar-refractivity contribution in [2.24, 2.45) is 0 Å². The molecule has 0 aliphatic carbocycles. The first-order valence-electron chi connectivity index (χ1n) is 8.99. The van der Waals surface area contributed by atoms with Crippen molar-refractivity contribution < 1.29 is 4.79 Å². The summed E-state index contributed by atoms with van der Waals surface area (Å²) < 4.78 is 1.77. The molecule has 1 atom stereocenters. The number of benzene rings is 1. The number of halogens is 1. The fraction of sp³-hybridized carbons (Fsp3) is 0.300. The van der Waals surface area contributed by atoms with Gasteiger partial charge in [0.15, 0.2) is 0 Å². The Kier molecular flexibility index (Phi) is 6.64. The van der Waals surface area contributed by atoms with E-state index in [1.54, 1.807) is 22.2 Å². The van der Waals surface area contributed by atoms with E-state index >= 15 is 0 Å². The van der Waals surface area contributed by atoms with Crippen molar-refractivity contribution in [2.75, 3.05) is 14.1 Å². The molecule has 3 aromatic rings. The lowest BCUT2D eigenvalue weighted by atomic mass is 10.1. The van der Waals surface area contributed by atoms with Crippen molar-refractivity contribution in [3.63, 3.8) is 0 Å². The van der Waals surface area contributed by atoms with E-state index in [2.05, 4.69) is 15.4 Å². The van der Waals surface area contributed by atoms with Gasteiger partial charge in [0, 0.05) is 29.7 Å². The van der Waals surface area contributed by atoms with Gasteiger partial charge in [0.25, 0.3) is 5.91 Å². The molecule has 1 N–H and O–H groups in total. The molecule has 7 nitrogen and oxygen atoms in total. The maximum absolute atomic E-state index is 12.4. The normalized spacial score (nSPS) is 12.0. The second kappa shape index (κ2) is 9.18. The van der Waals surface area contributed by atoms with Crippen molar-refractivity contribution in [1.82, 2.24) is 25.0 Å². The van der Waals surface area contributed by atoms with Crippen LogP contribution in [-0.2, 0) is 13.1 Å². The van der Waals surface area contributed by atoms with E-state index in [1.807, 2.05) is 50.3 Å². The number of nitrogens with one attached hydrogen (secondary N) is 1. The lowest BCUT2D eigenvalue weighted by molar-refractivity contribution is 0.0931. The number of hydrogen-bond donors (Lipinski definition) is 1. The van der Waals surface area contributed by atoms with Crippen LogP contribution in [0.5, 0.6) is 0 Å². The zero-order valence-corrected chi connectivity index (χ0v) is 18.0. The van der Waals surface area contributed by atoms with E-state index in [0.717, 1.165) is 16.3 Å². The zero-order chi connectivity index (χ0) is 21.0. The number of nitriles is 1. The third-order valence-electron chi connectivity index (χ3n) is 4.10. The lowest BCUT2D eigenvalue weighted by Crippen LogP contribution is -2.36. The second-order valence-corrected chi connectivity index (χ2v) is 8.32. The van der Waals surface area contributed by atoms with Gasteiger partial charge in [-0.15, -0.1) is 11.3 Å². The molecule has 0 spiro atoms. The zero-order valence-electron chi connectivity index (χ0n) is 16.4. The predicted molar refractivity (Wildman–Crippen MR) is 114 cm³/mol. The van der Waals surface area contributed by atoms with Crippen LogP contribution in [0.4, 0.5) is 0 Å². The number of rotatable bonds is 7. The van der Waals surface area contributed by atoms with Crippen LogP contribution in [0, 0.1) is 11.3 Å². The third kappa shape index (κ3) is 5.41. The highest BCUT2D eigenvalue weighted by Gasteiger charge is 2.15. The van der Waals surface area contributed by atoms with Gasteiger partial charge in [-0.2, -0.15) is 10.4 Å². The molecule has 1 amide bonds. The number of carbonyl (C=O) groups is 1. The van der Waals surface area contributed by atoms with Crippen LogP contribution in [0.15, 0.2) is 35.8 Å². The van der Waals surface area contributed by atoms with Crippen molar-refractivity contribution in [2.45, 2.75) is 26.1 Å². The monoisotopic (exact) mass is 428 g/mol. The minimum absolute atomic E-state index is 0.126. The molecule has 0 saturated carbocycles. The first-order chi connectivity index (χ1) is 13.9. The summed E-state index contributed by atoms with van der Waals surface area (Å²) in [6, 6.07) is 9.01. The molecule has 9 heteroatoms. The Morgan fingerprint density at radius 1 is 1.41 bits per heavy atom. The summed E-state index contributed by atoms with van der Waals surface area (Å²) >= 11 is 7.58. The molecular weight excluding hydrogens is 408 g/mol. The average Bonchev–Trinajstić information content (AvgIpc) is 3.30. The molecule has 0 aliphatic rings. The third-order valence-corrected chi connectivity index (χ3v) is 5.25. The SMILES string of the molecule is C[C@@H](Cn1ccc(-c2ccc(C#N)c(Cl)c2)n1)NC(=O)c1csc(CN(C)C)n1. The van der Waals surface area contributed by atoms with Gasteiger partial charge in [0.1, 0.15) is 16.8 Å². The van der Waals surface area contributed by atoms with Gasteiger partial charge in [0.2, 0.25) is 0 Å². The fourth-order valence-electron chi connectivity index (χ4n) is 2.76. The van der Waals surface area contributed by atoms with Crippen LogP contribution < -0.4 is 5.32 Å². The van der Waals surface area contributed by atoms with Gasteiger partial charge in [-0.1, -0.05) is 17.7 Å². The Bertz CT molecular complexity index is 1050. The Hall–Kier alpha value is -2.73. The van der Waals surface area contributed by atoms with Gasteiger partial charge in [0.05, 0.1) is 22.8 Å².